The van der Waals surface area contributed by atoms with Gasteiger partial charge in [0.2, 0.25) is 0 Å². The Bertz CT molecular complexity index is 742. The maximum Gasteiger partial charge on any atom is 0.338 e. The van der Waals surface area contributed by atoms with Crippen LogP contribution in [0.15, 0.2) is 24.5 Å². The van der Waals surface area contributed by atoms with E-state index in [1.165, 1.54) is 12.3 Å². The van der Waals surface area contributed by atoms with E-state index >= 15 is 0 Å². The van der Waals surface area contributed by atoms with Gasteiger partial charge in [-0.3, -0.25) is 4.79 Å². The number of ketones is 1. The summed E-state index contributed by atoms with van der Waals surface area (Å²) >= 11 is 15.3. The molecule has 0 saturated carbocycles. The molecule has 2 rings (SSSR count). The molecule has 23 heavy (non-hydrogen) atoms. The number of rotatable bonds is 3. The molecular formula is C14H10Cl2I2N2O3. The number of nitrogens with zero attached hydrogens (tertiary/aromatic N) is 2. The number of hydrogen-bond acceptors (Lipinski definition) is 4. The largest absolute Gasteiger partial charge is 0.478 e. The standard InChI is InChI=1S/C8H7ClINO.C6H3ClINO2/c1-2-7(12)6-3-5(10)4-11-8(6)9;7-5-4(6(10)11)1-3(8)2-9-5/h3-4H,2H2,1H3;1-2H,(H,10,11). The molecule has 0 fully saturated rings. The SMILES string of the molecule is CCC(=O)c1cc(I)cnc1Cl.O=C(O)c1cc(I)cnc1Cl. The third-order valence-electron chi connectivity index (χ3n) is 2.46. The molecule has 122 valence electrons. The first-order valence-corrected chi connectivity index (χ1v) is 9.06. The van der Waals surface area contributed by atoms with Gasteiger partial charge in [0.05, 0.1) is 11.1 Å². The quantitative estimate of drug-likeness (QED) is 0.316. The number of carbonyl (C=O) groups is 2. The fraction of sp³-hybridized carbons (Fsp3) is 0.143. The van der Waals surface area contributed by atoms with E-state index in [0.29, 0.717) is 17.1 Å². The van der Waals surface area contributed by atoms with E-state index in [2.05, 4.69) is 32.6 Å². The van der Waals surface area contributed by atoms with Crippen LogP contribution in [-0.4, -0.2) is 26.8 Å². The molecule has 0 radical (unpaired) electrons. The van der Waals surface area contributed by atoms with Gasteiger partial charge in [-0.15, -0.1) is 0 Å². The van der Waals surface area contributed by atoms with Crippen LogP contribution in [0.3, 0.4) is 0 Å². The number of carboxylic acid groups (broad SMARTS) is 1. The minimum Gasteiger partial charge on any atom is -0.478 e. The van der Waals surface area contributed by atoms with Crippen molar-refractivity contribution in [3.05, 3.63) is 53.1 Å². The lowest BCUT2D eigenvalue weighted by Gasteiger charge is -2.00. The number of carboxylic acids is 1. The van der Waals surface area contributed by atoms with Crippen LogP contribution >= 0.6 is 68.4 Å². The predicted molar refractivity (Wildman–Crippen MR) is 106 cm³/mol. The first-order valence-electron chi connectivity index (χ1n) is 6.14. The number of aromatic nitrogens is 2. The lowest BCUT2D eigenvalue weighted by molar-refractivity contribution is 0.0696. The van der Waals surface area contributed by atoms with Gasteiger partial charge in [-0.05, 0) is 57.3 Å². The fourth-order valence-corrected chi connectivity index (χ4v) is 2.68. The zero-order chi connectivity index (χ0) is 17.6. The molecule has 0 atom stereocenters. The Morgan fingerprint density at radius 3 is 1.87 bits per heavy atom. The van der Waals surface area contributed by atoms with Crippen molar-refractivity contribution in [2.45, 2.75) is 13.3 Å². The van der Waals surface area contributed by atoms with Crippen LogP contribution in [-0.2, 0) is 0 Å². The van der Waals surface area contributed by atoms with Gasteiger partial charge in [0.25, 0.3) is 0 Å². The highest BCUT2D eigenvalue weighted by atomic mass is 127. The van der Waals surface area contributed by atoms with E-state index in [-0.39, 0.29) is 16.5 Å². The average molecular weight is 579 g/mol. The lowest BCUT2D eigenvalue weighted by Crippen LogP contribution is -1.99. The fourth-order valence-electron chi connectivity index (χ4n) is 1.38. The molecule has 0 aromatic carbocycles. The molecule has 2 aromatic rings. The van der Waals surface area contributed by atoms with Gasteiger partial charge in [-0.25, -0.2) is 14.8 Å². The average Bonchev–Trinajstić information content (AvgIpc) is 2.51. The number of hydrogen-bond donors (Lipinski definition) is 1. The Kier molecular flexibility index (Phi) is 8.65. The molecule has 0 aliphatic carbocycles. The molecule has 2 aromatic heterocycles. The second kappa shape index (κ2) is 9.70. The molecule has 0 bridgehead atoms. The first-order chi connectivity index (χ1) is 10.8. The van der Waals surface area contributed by atoms with Crippen molar-refractivity contribution < 1.29 is 14.7 Å². The van der Waals surface area contributed by atoms with Crippen molar-refractivity contribution in [3.63, 3.8) is 0 Å². The molecule has 0 saturated heterocycles. The van der Waals surface area contributed by atoms with Crippen LogP contribution in [0, 0.1) is 7.14 Å². The van der Waals surface area contributed by atoms with Gasteiger partial charge in [-0.1, -0.05) is 30.1 Å². The number of pyridine rings is 2. The summed E-state index contributed by atoms with van der Waals surface area (Å²) in [5, 5.41) is 8.88. The van der Waals surface area contributed by atoms with Crippen molar-refractivity contribution in [3.8, 4) is 0 Å². The van der Waals surface area contributed by atoms with E-state index in [4.69, 9.17) is 28.3 Å². The monoisotopic (exact) mass is 578 g/mol. The molecule has 0 aliphatic rings. The van der Waals surface area contributed by atoms with Crippen LogP contribution in [0.4, 0.5) is 0 Å². The Morgan fingerprint density at radius 1 is 1.04 bits per heavy atom. The highest BCUT2D eigenvalue weighted by Crippen LogP contribution is 2.17. The third kappa shape index (κ3) is 6.48. The molecule has 2 heterocycles. The van der Waals surface area contributed by atoms with E-state index in [9.17, 15) is 9.59 Å². The van der Waals surface area contributed by atoms with Crippen LogP contribution < -0.4 is 0 Å². The molecule has 0 aliphatic heterocycles. The molecule has 9 heteroatoms. The summed E-state index contributed by atoms with van der Waals surface area (Å²) in [6.07, 6.45) is 3.60. The number of carbonyl (C=O) groups excluding carboxylic acids is 1. The second-order valence-electron chi connectivity index (χ2n) is 4.07. The van der Waals surface area contributed by atoms with Crippen molar-refractivity contribution >= 4 is 80.1 Å². The summed E-state index contributed by atoms with van der Waals surface area (Å²) in [6.45, 7) is 1.80. The molecule has 0 spiro atoms. The summed E-state index contributed by atoms with van der Waals surface area (Å²) < 4.78 is 1.68. The van der Waals surface area contributed by atoms with E-state index < -0.39 is 5.97 Å². The van der Waals surface area contributed by atoms with E-state index in [1.807, 2.05) is 22.6 Å². The zero-order valence-corrected chi connectivity index (χ0v) is 17.5. The van der Waals surface area contributed by atoms with E-state index in [1.54, 1.807) is 19.2 Å². The highest BCUT2D eigenvalue weighted by Gasteiger charge is 2.09. The van der Waals surface area contributed by atoms with Crippen molar-refractivity contribution in [2.24, 2.45) is 0 Å². The van der Waals surface area contributed by atoms with Gasteiger partial charge in [0, 0.05) is 26.0 Å². The Labute approximate surface area is 170 Å². The van der Waals surface area contributed by atoms with Gasteiger partial charge >= 0.3 is 5.97 Å². The van der Waals surface area contributed by atoms with Crippen LogP contribution in [0.2, 0.25) is 10.3 Å². The molecule has 0 amide bonds. The number of aromatic carboxylic acids is 1. The molecule has 1 N–H and O–H groups in total. The normalized spacial score (nSPS) is 9.78. The second-order valence-corrected chi connectivity index (χ2v) is 7.27. The Balaban J connectivity index is 0.000000231. The minimum atomic E-state index is -1.05. The van der Waals surface area contributed by atoms with Crippen molar-refractivity contribution in [2.75, 3.05) is 0 Å². The van der Waals surface area contributed by atoms with Crippen molar-refractivity contribution in [1.82, 2.24) is 9.97 Å². The summed E-state index contributed by atoms with van der Waals surface area (Å²) in [5.41, 5.74) is 0.560. The molecular weight excluding hydrogens is 569 g/mol. The summed E-state index contributed by atoms with van der Waals surface area (Å²) in [7, 11) is 0. The lowest BCUT2D eigenvalue weighted by atomic mass is 10.1. The minimum absolute atomic E-state index is 0.0258. The Morgan fingerprint density at radius 2 is 1.48 bits per heavy atom. The van der Waals surface area contributed by atoms with Gasteiger partial charge in [0.1, 0.15) is 10.3 Å². The van der Waals surface area contributed by atoms with Gasteiger partial charge in [-0.2, -0.15) is 0 Å². The summed E-state index contributed by atoms with van der Waals surface area (Å²) in [4.78, 5) is 29.3. The molecule has 0 unspecified atom stereocenters. The number of Topliss-reactive ketones (excluding diaryl/α,β-unsaturated/α-hetero) is 1. The summed E-state index contributed by atoms with van der Waals surface area (Å²) in [6, 6.07) is 3.22. The topological polar surface area (TPSA) is 80.2 Å². The van der Waals surface area contributed by atoms with Crippen LogP contribution in [0.5, 0.6) is 0 Å². The highest BCUT2D eigenvalue weighted by molar-refractivity contribution is 14.1. The van der Waals surface area contributed by atoms with Crippen molar-refractivity contribution in [1.29, 1.82) is 0 Å². The third-order valence-corrected chi connectivity index (χ3v) is 4.25. The van der Waals surface area contributed by atoms with Gasteiger partial charge < -0.3 is 5.11 Å². The van der Waals surface area contributed by atoms with Crippen LogP contribution in [0.1, 0.15) is 34.1 Å². The smallest absolute Gasteiger partial charge is 0.338 e. The predicted octanol–water partition coefficient (Wildman–Crippen LogP) is 4.97. The van der Waals surface area contributed by atoms with E-state index in [0.717, 1.165) is 7.14 Å². The maximum absolute atomic E-state index is 11.3. The van der Waals surface area contributed by atoms with Crippen LogP contribution in [0.25, 0.3) is 0 Å². The maximum atomic E-state index is 11.3. The summed E-state index contributed by atoms with van der Waals surface area (Å²) in [5.74, 6) is -1.02. The molecule has 5 nitrogen and oxygen atoms in total. The number of halogens is 4. The first kappa shape index (κ1) is 20.5. The van der Waals surface area contributed by atoms with Gasteiger partial charge in [0.15, 0.2) is 5.78 Å². The Hall–Kier alpha value is -0.520. The zero-order valence-electron chi connectivity index (χ0n) is 11.7.